The van der Waals surface area contributed by atoms with Gasteiger partial charge >= 0.3 is 5.97 Å². The van der Waals surface area contributed by atoms with Gasteiger partial charge in [-0.1, -0.05) is 40.0 Å². The van der Waals surface area contributed by atoms with Crippen LogP contribution < -0.4 is 0 Å². The molecule has 1 unspecified atom stereocenters. The molecule has 5 heteroatoms. The van der Waals surface area contributed by atoms with E-state index in [4.69, 9.17) is 14.2 Å². The van der Waals surface area contributed by atoms with Crippen LogP contribution >= 0.6 is 0 Å². The molecule has 0 aromatic rings. The zero-order chi connectivity index (χ0) is 16.1. The van der Waals surface area contributed by atoms with E-state index in [1.54, 1.807) is 0 Å². The van der Waals surface area contributed by atoms with Gasteiger partial charge in [-0.2, -0.15) is 0 Å². The highest BCUT2D eigenvalue weighted by atomic mass is 16.7. The van der Waals surface area contributed by atoms with Crippen LogP contribution in [0.25, 0.3) is 0 Å². The summed E-state index contributed by atoms with van der Waals surface area (Å²) in [5, 5.41) is 9.53. The van der Waals surface area contributed by atoms with Gasteiger partial charge in [-0.25, -0.2) is 4.79 Å². The number of carboxylic acid groups (broad SMARTS) is 1. The summed E-state index contributed by atoms with van der Waals surface area (Å²) >= 11 is 0. The molecule has 0 radical (unpaired) electrons. The summed E-state index contributed by atoms with van der Waals surface area (Å²) in [5.41, 5.74) is -1.46. The molecule has 0 aromatic heterocycles. The van der Waals surface area contributed by atoms with E-state index in [1.807, 2.05) is 6.92 Å². The van der Waals surface area contributed by atoms with Crippen LogP contribution in [0.1, 0.15) is 66.2 Å². The maximum Gasteiger partial charge on any atom is 0.341 e. The highest BCUT2D eigenvalue weighted by molar-refractivity contribution is 5.77. The lowest BCUT2D eigenvalue weighted by Gasteiger charge is -2.33. The molecular formula is C16H32O5. The predicted molar refractivity (Wildman–Crippen MR) is 82.4 cm³/mol. The van der Waals surface area contributed by atoms with Gasteiger partial charge in [0.15, 0.2) is 6.29 Å². The molecule has 0 amide bonds. The maximum atomic E-state index is 11.6. The molecule has 0 bridgehead atoms. The molecule has 0 spiro atoms. The van der Waals surface area contributed by atoms with E-state index in [0.29, 0.717) is 19.8 Å². The Morgan fingerprint density at radius 2 is 1.38 bits per heavy atom. The molecule has 126 valence electrons. The van der Waals surface area contributed by atoms with Crippen molar-refractivity contribution in [2.24, 2.45) is 0 Å². The van der Waals surface area contributed by atoms with Crippen LogP contribution in [0.5, 0.6) is 0 Å². The highest BCUT2D eigenvalue weighted by Crippen LogP contribution is 2.22. The second-order valence-corrected chi connectivity index (χ2v) is 5.39. The summed E-state index contributed by atoms with van der Waals surface area (Å²) in [7, 11) is 0. The number of rotatable bonds is 14. The number of carbonyl (C=O) groups is 1. The van der Waals surface area contributed by atoms with E-state index >= 15 is 0 Å². The Bertz CT molecular complexity index is 259. The predicted octanol–water partition coefficient (Wildman–Crippen LogP) is 3.61. The Balaban J connectivity index is 4.74. The van der Waals surface area contributed by atoms with Gasteiger partial charge in [0, 0.05) is 19.8 Å². The van der Waals surface area contributed by atoms with E-state index in [2.05, 4.69) is 13.8 Å². The Kier molecular flexibility index (Phi) is 11.6. The van der Waals surface area contributed by atoms with Crippen LogP contribution in [-0.2, 0) is 19.0 Å². The minimum absolute atomic E-state index is 0.393. The highest BCUT2D eigenvalue weighted by Gasteiger charge is 2.44. The average molecular weight is 304 g/mol. The minimum Gasteiger partial charge on any atom is -0.479 e. The molecule has 0 aliphatic rings. The molecule has 0 saturated carbocycles. The van der Waals surface area contributed by atoms with Crippen molar-refractivity contribution in [3.05, 3.63) is 0 Å². The van der Waals surface area contributed by atoms with E-state index in [9.17, 15) is 9.90 Å². The number of hydrogen-bond acceptors (Lipinski definition) is 4. The number of aliphatic carboxylic acids is 1. The van der Waals surface area contributed by atoms with Gasteiger partial charge in [-0.15, -0.1) is 0 Å². The Labute approximate surface area is 129 Å². The summed E-state index contributed by atoms with van der Waals surface area (Å²) in [6, 6.07) is 0. The fourth-order valence-corrected chi connectivity index (χ4v) is 1.69. The van der Waals surface area contributed by atoms with Gasteiger partial charge < -0.3 is 19.3 Å². The molecular weight excluding hydrogens is 272 g/mol. The number of carboxylic acids is 1. The van der Waals surface area contributed by atoms with Crippen molar-refractivity contribution in [2.75, 3.05) is 19.8 Å². The van der Waals surface area contributed by atoms with E-state index in [-0.39, 0.29) is 0 Å². The van der Waals surface area contributed by atoms with E-state index in [1.165, 1.54) is 6.92 Å². The molecule has 1 N–H and O–H groups in total. The van der Waals surface area contributed by atoms with Crippen molar-refractivity contribution < 1.29 is 24.1 Å². The molecule has 0 aliphatic carbocycles. The minimum atomic E-state index is -1.46. The standard InChI is InChI=1S/C16H32O5/c1-5-8-11-19-15(20-12-9-6-2)16(4,14(17)18)21-13-10-7-3/h15H,5-13H2,1-4H3,(H,17,18). The molecule has 0 rings (SSSR count). The lowest BCUT2D eigenvalue weighted by Crippen LogP contribution is -2.52. The fraction of sp³-hybridized carbons (Fsp3) is 0.938. The first-order valence-electron chi connectivity index (χ1n) is 8.13. The lowest BCUT2D eigenvalue weighted by atomic mass is 10.1. The topological polar surface area (TPSA) is 65.0 Å². The second kappa shape index (κ2) is 12.0. The zero-order valence-electron chi connectivity index (χ0n) is 14.0. The molecule has 0 saturated heterocycles. The molecule has 0 heterocycles. The molecule has 21 heavy (non-hydrogen) atoms. The van der Waals surface area contributed by atoms with Crippen LogP contribution in [-0.4, -0.2) is 42.8 Å². The summed E-state index contributed by atoms with van der Waals surface area (Å²) in [4.78, 5) is 11.6. The lowest BCUT2D eigenvalue weighted by molar-refractivity contribution is -0.251. The largest absolute Gasteiger partial charge is 0.479 e. The Hall–Kier alpha value is -0.650. The molecule has 0 aromatic carbocycles. The van der Waals surface area contributed by atoms with Crippen LogP contribution in [0.15, 0.2) is 0 Å². The maximum absolute atomic E-state index is 11.6. The monoisotopic (exact) mass is 304 g/mol. The van der Waals surface area contributed by atoms with Crippen LogP contribution in [0.4, 0.5) is 0 Å². The Morgan fingerprint density at radius 3 is 1.76 bits per heavy atom. The average Bonchev–Trinajstić information content (AvgIpc) is 2.45. The molecule has 0 fully saturated rings. The van der Waals surface area contributed by atoms with Crippen molar-refractivity contribution in [3.63, 3.8) is 0 Å². The third kappa shape index (κ3) is 7.79. The zero-order valence-corrected chi connectivity index (χ0v) is 14.0. The van der Waals surface area contributed by atoms with E-state index in [0.717, 1.165) is 38.5 Å². The summed E-state index contributed by atoms with van der Waals surface area (Å²) in [5.74, 6) is -1.04. The number of hydrogen-bond donors (Lipinski definition) is 1. The van der Waals surface area contributed by atoms with Crippen molar-refractivity contribution in [3.8, 4) is 0 Å². The smallest absolute Gasteiger partial charge is 0.341 e. The third-order valence-corrected chi connectivity index (χ3v) is 3.31. The SMILES string of the molecule is CCCCOC(OCCCC)C(C)(OCCCC)C(=O)O. The van der Waals surface area contributed by atoms with Gasteiger partial charge in [-0.05, 0) is 26.2 Å². The van der Waals surface area contributed by atoms with E-state index < -0.39 is 17.9 Å². The fourth-order valence-electron chi connectivity index (χ4n) is 1.69. The number of unbranched alkanes of at least 4 members (excludes halogenated alkanes) is 3. The third-order valence-electron chi connectivity index (χ3n) is 3.31. The van der Waals surface area contributed by atoms with Crippen molar-refractivity contribution in [1.82, 2.24) is 0 Å². The first-order valence-corrected chi connectivity index (χ1v) is 8.13. The Morgan fingerprint density at radius 1 is 0.952 bits per heavy atom. The number of ether oxygens (including phenoxy) is 3. The van der Waals surface area contributed by atoms with Gasteiger partial charge in [0.1, 0.15) is 0 Å². The van der Waals surface area contributed by atoms with Gasteiger partial charge in [0.25, 0.3) is 0 Å². The first kappa shape index (κ1) is 20.3. The molecule has 1 atom stereocenters. The first-order chi connectivity index (χ1) is 10.0. The van der Waals surface area contributed by atoms with Gasteiger partial charge in [0.05, 0.1) is 0 Å². The summed E-state index contributed by atoms with van der Waals surface area (Å²) in [6.07, 6.45) is 4.62. The summed E-state index contributed by atoms with van der Waals surface area (Å²) in [6.45, 7) is 9.04. The van der Waals surface area contributed by atoms with Crippen LogP contribution in [0.2, 0.25) is 0 Å². The molecule has 0 aliphatic heterocycles. The molecule has 5 nitrogen and oxygen atoms in total. The quantitative estimate of drug-likeness (QED) is 0.392. The van der Waals surface area contributed by atoms with Crippen molar-refractivity contribution >= 4 is 5.97 Å². The van der Waals surface area contributed by atoms with Crippen molar-refractivity contribution in [1.29, 1.82) is 0 Å². The summed E-state index contributed by atoms with van der Waals surface area (Å²) < 4.78 is 16.9. The van der Waals surface area contributed by atoms with Crippen LogP contribution in [0, 0.1) is 0 Å². The normalized spacial score (nSPS) is 14.3. The second-order valence-electron chi connectivity index (χ2n) is 5.39. The van der Waals surface area contributed by atoms with Crippen LogP contribution in [0.3, 0.4) is 0 Å². The van der Waals surface area contributed by atoms with Crippen molar-refractivity contribution in [2.45, 2.75) is 78.1 Å². The van der Waals surface area contributed by atoms with Gasteiger partial charge in [-0.3, -0.25) is 0 Å². The van der Waals surface area contributed by atoms with Gasteiger partial charge in [0.2, 0.25) is 5.60 Å².